The quantitative estimate of drug-likeness (QED) is 0.245. The Morgan fingerprint density at radius 1 is 0.932 bits per heavy atom. The number of hydrogen-bond donors (Lipinski definition) is 0. The number of benzene rings is 3. The molecule has 7 nitrogen and oxygen atoms in total. The fourth-order valence-corrected chi connectivity index (χ4v) is 6.89. The summed E-state index contributed by atoms with van der Waals surface area (Å²) in [5, 5.41) is 9.16. The van der Waals surface area contributed by atoms with Gasteiger partial charge < -0.3 is 4.90 Å². The van der Waals surface area contributed by atoms with Crippen molar-refractivity contribution in [2.45, 2.75) is 70.9 Å². The van der Waals surface area contributed by atoms with E-state index in [-0.39, 0.29) is 17.6 Å². The summed E-state index contributed by atoms with van der Waals surface area (Å²) in [5.41, 5.74) is 10.5. The minimum absolute atomic E-state index is 0.0744. The zero-order valence-corrected chi connectivity index (χ0v) is 25.2. The largest absolute Gasteiger partial charge is 0.334 e. The van der Waals surface area contributed by atoms with E-state index < -0.39 is 0 Å². The van der Waals surface area contributed by atoms with E-state index >= 15 is 0 Å². The molecule has 1 unspecified atom stereocenters. The van der Waals surface area contributed by atoms with Gasteiger partial charge in [-0.15, -0.1) is 5.10 Å². The zero-order chi connectivity index (χ0) is 30.0. The lowest BCUT2D eigenvalue weighted by Gasteiger charge is -2.30. The second-order valence-electron chi connectivity index (χ2n) is 12.3. The van der Waals surface area contributed by atoms with Gasteiger partial charge in [-0.25, -0.2) is 4.68 Å². The lowest BCUT2D eigenvalue weighted by molar-refractivity contribution is -0.118. The molecule has 5 aromatic rings. The third-order valence-corrected chi connectivity index (χ3v) is 9.38. The van der Waals surface area contributed by atoms with Gasteiger partial charge in [-0.2, -0.15) is 0 Å². The highest BCUT2D eigenvalue weighted by Gasteiger charge is 2.26. The van der Waals surface area contributed by atoms with Crippen LogP contribution in [0.25, 0.3) is 11.0 Å². The Kier molecular flexibility index (Phi) is 7.77. The van der Waals surface area contributed by atoms with Crippen LogP contribution in [0.15, 0.2) is 79.1 Å². The van der Waals surface area contributed by atoms with Crippen LogP contribution in [0.2, 0.25) is 0 Å². The summed E-state index contributed by atoms with van der Waals surface area (Å²) >= 11 is 0. The zero-order valence-electron chi connectivity index (χ0n) is 25.2. The van der Waals surface area contributed by atoms with Crippen LogP contribution in [0.5, 0.6) is 0 Å². The molecule has 0 saturated carbocycles. The summed E-state index contributed by atoms with van der Waals surface area (Å²) < 4.78 is 2.02. The van der Waals surface area contributed by atoms with Gasteiger partial charge in [0.25, 0.3) is 5.91 Å². The molecular weight excluding hydrogens is 546 g/mol. The van der Waals surface area contributed by atoms with Gasteiger partial charge in [0.05, 0.1) is 5.52 Å². The average molecular weight is 584 g/mol. The Hall–Kier alpha value is -4.65. The second-order valence-corrected chi connectivity index (χ2v) is 12.3. The van der Waals surface area contributed by atoms with Crippen LogP contribution < -0.4 is 0 Å². The van der Waals surface area contributed by atoms with Gasteiger partial charge >= 0.3 is 0 Å². The number of carbonyl (C=O) groups excluding carboxylic acids is 2. The first-order chi connectivity index (χ1) is 21.5. The van der Waals surface area contributed by atoms with E-state index in [9.17, 15) is 9.59 Å². The van der Waals surface area contributed by atoms with E-state index in [1.54, 1.807) is 12.4 Å². The van der Waals surface area contributed by atoms with Crippen LogP contribution >= 0.6 is 0 Å². The van der Waals surface area contributed by atoms with Crippen molar-refractivity contribution in [1.29, 1.82) is 0 Å². The summed E-state index contributed by atoms with van der Waals surface area (Å²) in [5.74, 6) is 0.0896. The predicted molar refractivity (Wildman–Crippen MR) is 171 cm³/mol. The molecular formula is C37H37N5O2. The summed E-state index contributed by atoms with van der Waals surface area (Å²) in [7, 11) is 0. The first-order valence-corrected chi connectivity index (χ1v) is 15.8. The molecule has 44 heavy (non-hydrogen) atoms. The third-order valence-electron chi connectivity index (χ3n) is 9.38. The van der Waals surface area contributed by atoms with Crippen LogP contribution in [0.3, 0.4) is 0 Å². The van der Waals surface area contributed by atoms with Gasteiger partial charge in [-0.3, -0.25) is 14.6 Å². The van der Waals surface area contributed by atoms with Crippen molar-refractivity contribution in [3.05, 3.63) is 124 Å². The predicted octanol–water partition coefficient (Wildman–Crippen LogP) is 6.39. The lowest BCUT2D eigenvalue weighted by Crippen LogP contribution is -2.36. The standard InChI is InChI=1S/C37H37N5O2/c1-25-33-14-15-35-36(25)39-40-42(35)18-4-2-3-6-26-8-10-29(11-9-26)37(44)41-19-16-28-12-13-30(21-31(28)24-41)34(33)22-32(43)20-27-7-5-17-38-23-27/h5,7-15,17,21,23,34H,2-4,6,16,18-20,22,24H2,1H3. The van der Waals surface area contributed by atoms with Crippen LogP contribution in [-0.2, 0) is 37.1 Å². The molecule has 0 saturated heterocycles. The Labute approximate surface area is 257 Å². The van der Waals surface area contributed by atoms with Crippen molar-refractivity contribution < 1.29 is 9.59 Å². The molecule has 5 aliphatic heterocycles. The summed E-state index contributed by atoms with van der Waals surface area (Å²) in [6.45, 7) is 4.18. The lowest BCUT2D eigenvalue weighted by atomic mass is 9.82. The summed E-state index contributed by atoms with van der Waals surface area (Å²) in [6, 6.07) is 22.9. The molecule has 7 heteroatoms. The third kappa shape index (κ3) is 5.66. The van der Waals surface area contributed by atoms with Crippen LogP contribution in [-0.4, -0.2) is 43.1 Å². The monoisotopic (exact) mass is 583 g/mol. The van der Waals surface area contributed by atoms with Crippen molar-refractivity contribution in [1.82, 2.24) is 24.9 Å². The molecule has 7 heterocycles. The van der Waals surface area contributed by atoms with Crippen LogP contribution in [0.4, 0.5) is 0 Å². The average Bonchev–Trinajstić information content (AvgIpc) is 3.47. The number of ketones is 1. The maximum absolute atomic E-state index is 13.6. The molecule has 0 N–H and O–H groups in total. The van der Waals surface area contributed by atoms with E-state index in [1.807, 2.05) is 33.8 Å². The molecule has 0 spiro atoms. The van der Waals surface area contributed by atoms with Gasteiger partial charge in [0, 0.05) is 56.4 Å². The molecule has 3 aromatic carbocycles. The van der Waals surface area contributed by atoms with Gasteiger partial charge in [-0.05, 0) is 95.8 Å². The van der Waals surface area contributed by atoms with Crippen LogP contribution in [0.1, 0.15) is 80.9 Å². The van der Waals surface area contributed by atoms with E-state index in [1.165, 1.54) is 11.1 Å². The van der Waals surface area contributed by atoms with E-state index in [0.29, 0.717) is 25.9 Å². The number of hydrogen-bond acceptors (Lipinski definition) is 5. The number of pyridine rings is 1. The maximum atomic E-state index is 13.6. The van der Waals surface area contributed by atoms with E-state index in [2.05, 4.69) is 64.7 Å². The van der Waals surface area contributed by atoms with Crippen molar-refractivity contribution in [3.8, 4) is 0 Å². The number of nitrogens with zero attached hydrogens (tertiary/aromatic N) is 5. The van der Waals surface area contributed by atoms with Crippen molar-refractivity contribution >= 4 is 22.7 Å². The first-order valence-electron chi connectivity index (χ1n) is 15.8. The molecule has 10 rings (SSSR count). The highest BCUT2D eigenvalue weighted by molar-refractivity contribution is 5.94. The molecule has 0 radical (unpaired) electrons. The minimum Gasteiger partial charge on any atom is -0.334 e. The highest BCUT2D eigenvalue weighted by atomic mass is 16.2. The topological polar surface area (TPSA) is 81.0 Å². The number of aromatic nitrogens is 4. The molecule has 2 aromatic heterocycles. The first kappa shape index (κ1) is 28.1. The Morgan fingerprint density at radius 2 is 1.82 bits per heavy atom. The van der Waals surface area contributed by atoms with E-state index in [4.69, 9.17) is 0 Å². The number of Topliss-reactive ketones (excluding diaryl/α,β-unsaturated/α-hetero) is 1. The maximum Gasteiger partial charge on any atom is 0.254 e. The molecule has 0 fully saturated rings. The summed E-state index contributed by atoms with van der Waals surface area (Å²) in [4.78, 5) is 33.3. The number of aryl methyl sites for hydroxylation is 3. The van der Waals surface area contributed by atoms with Crippen molar-refractivity contribution in [2.75, 3.05) is 6.54 Å². The SMILES string of the molecule is Cc1c2ccc3c1nnn3CCCCCc1ccc(cc1)C(=O)N1CCc3ccc(cc3C1)C2CC(=O)Cc1cccnc1. The number of amides is 1. The molecule has 9 bridgehead atoms. The fourth-order valence-electron chi connectivity index (χ4n) is 6.89. The van der Waals surface area contributed by atoms with Gasteiger partial charge in [0.2, 0.25) is 0 Å². The molecule has 1 amide bonds. The number of rotatable bonds is 4. The van der Waals surface area contributed by atoms with E-state index in [0.717, 1.165) is 83.1 Å². The smallest absolute Gasteiger partial charge is 0.254 e. The minimum atomic E-state index is -0.147. The Bertz CT molecular complexity index is 1830. The van der Waals surface area contributed by atoms with Gasteiger partial charge in [0.1, 0.15) is 11.3 Å². The fraction of sp³-hybridized carbons (Fsp3) is 0.324. The normalized spacial score (nSPS) is 17.0. The Morgan fingerprint density at radius 3 is 2.66 bits per heavy atom. The molecule has 0 aliphatic carbocycles. The van der Waals surface area contributed by atoms with Gasteiger partial charge in [0.15, 0.2) is 0 Å². The van der Waals surface area contributed by atoms with Gasteiger partial charge in [-0.1, -0.05) is 54.1 Å². The summed E-state index contributed by atoms with van der Waals surface area (Å²) in [6.07, 6.45) is 9.21. The Balaban J connectivity index is 1.29. The highest BCUT2D eigenvalue weighted by Crippen LogP contribution is 2.36. The van der Waals surface area contributed by atoms with Crippen molar-refractivity contribution in [3.63, 3.8) is 0 Å². The molecule has 222 valence electrons. The molecule has 5 aliphatic rings. The van der Waals surface area contributed by atoms with Crippen LogP contribution in [0, 0.1) is 6.92 Å². The van der Waals surface area contributed by atoms with Crippen molar-refractivity contribution in [2.24, 2.45) is 0 Å². The second kappa shape index (κ2) is 12.2. The molecule has 1 atom stereocenters. The number of carbonyl (C=O) groups is 2.